The zero-order valence-electron chi connectivity index (χ0n) is 10.8. The van der Waals surface area contributed by atoms with E-state index in [2.05, 4.69) is 5.32 Å². The molecule has 2 aromatic rings. The van der Waals surface area contributed by atoms with Crippen molar-refractivity contribution in [3.8, 4) is 0 Å². The van der Waals surface area contributed by atoms with Crippen molar-refractivity contribution in [1.29, 1.82) is 0 Å². The molecule has 1 N–H and O–H groups in total. The van der Waals surface area contributed by atoms with E-state index in [0.29, 0.717) is 5.56 Å². The Bertz CT molecular complexity index is 625. The van der Waals surface area contributed by atoms with Gasteiger partial charge in [0.15, 0.2) is 0 Å². The third-order valence-electron chi connectivity index (χ3n) is 2.99. The van der Waals surface area contributed by atoms with Gasteiger partial charge >= 0.3 is 6.18 Å². The molecule has 6 heteroatoms. The maximum atomic E-state index is 13.2. The van der Waals surface area contributed by atoms with E-state index in [1.54, 1.807) is 12.1 Å². The monoisotopic (exact) mass is 317 g/mol. The van der Waals surface area contributed by atoms with Crippen molar-refractivity contribution in [3.63, 3.8) is 0 Å². The molecule has 0 unspecified atom stereocenters. The Morgan fingerprint density at radius 2 is 1.52 bits per heavy atom. The van der Waals surface area contributed by atoms with Crippen molar-refractivity contribution in [1.82, 2.24) is 5.32 Å². The summed E-state index contributed by atoms with van der Waals surface area (Å²) in [6.07, 6.45) is -4.39. The molecule has 21 heavy (non-hydrogen) atoms. The van der Waals surface area contributed by atoms with Gasteiger partial charge in [0.05, 0.1) is 10.6 Å². The molecule has 2 aromatic carbocycles. The van der Waals surface area contributed by atoms with Crippen LogP contribution in [0.4, 0.5) is 17.6 Å². The van der Waals surface area contributed by atoms with Gasteiger partial charge in [-0.25, -0.2) is 4.39 Å². The molecule has 1 nitrogen and oxygen atoms in total. The Morgan fingerprint density at radius 3 is 2.24 bits per heavy atom. The highest BCUT2D eigenvalue weighted by atomic mass is 35.5. The van der Waals surface area contributed by atoms with Crippen LogP contribution in [0.25, 0.3) is 0 Å². The summed E-state index contributed by atoms with van der Waals surface area (Å²) in [5, 5.41) is 2.83. The van der Waals surface area contributed by atoms with Crippen LogP contribution in [-0.4, -0.2) is 0 Å². The maximum absolute atomic E-state index is 13.2. The molecule has 0 aliphatic heterocycles. The summed E-state index contributed by atoms with van der Waals surface area (Å²) in [6.45, 7) is 0.200. The summed E-state index contributed by atoms with van der Waals surface area (Å²) in [6, 6.07) is 9.67. The van der Waals surface area contributed by atoms with Crippen LogP contribution in [-0.2, 0) is 19.3 Å². The molecular formula is C15H12ClF4N. The van der Waals surface area contributed by atoms with Crippen LogP contribution < -0.4 is 5.32 Å². The Hall–Kier alpha value is -1.59. The molecule has 0 saturated heterocycles. The molecular weight excluding hydrogens is 306 g/mol. The Balaban J connectivity index is 2.06. The van der Waals surface area contributed by atoms with E-state index in [1.807, 2.05) is 0 Å². The second kappa shape index (κ2) is 6.45. The van der Waals surface area contributed by atoms with E-state index in [-0.39, 0.29) is 23.7 Å². The molecule has 112 valence electrons. The number of rotatable bonds is 4. The van der Waals surface area contributed by atoms with E-state index in [9.17, 15) is 17.6 Å². The molecule has 0 spiro atoms. The van der Waals surface area contributed by atoms with Gasteiger partial charge in [0.1, 0.15) is 5.82 Å². The first kappa shape index (κ1) is 15.8. The number of hydrogen-bond acceptors (Lipinski definition) is 1. The largest absolute Gasteiger partial charge is 0.416 e. The first-order chi connectivity index (χ1) is 9.89. The molecule has 0 fully saturated rings. The van der Waals surface area contributed by atoms with Gasteiger partial charge < -0.3 is 5.32 Å². The second-order valence-electron chi connectivity index (χ2n) is 4.47. The van der Waals surface area contributed by atoms with Crippen LogP contribution in [0, 0.1) is 5.82 Å². The van der Waals surface area contributed by atoms with Gasteiger partial charge in [-0.3, -0.25) is 0 Å². The summed E-state index contributed by atoms with van der Waals surface area (Å²) in [5.41, 5.74) is -0.0403. The van der Waals surface area contributed by atoms with E-state index in [1.165, 1.54) is 24.3 Å². The van der Waals surface area contributed by atoms with Gasteiger partial charge in [0, 0.05) is 13.1 Å². The number of alkyl halides is 3. The number of benzene rings is 2. The van der Waals surface area contributed by atoms with Crippen LogP contribution in [0.1, 0.15) is 16.7 Å². The third-order valence-corrected chi connectivity index (χ3v) is 3.41. The van der Waals surface area contributed by atoms with Gasteiger partial charge in [-0.05, 0) is 23.3 Å². The van der Waals surface area contributed by atoms with Gasteiger partial charge in [-0.15, -0.1) is 0 Å². The van der Waals surface area contributed by atoms with Gasteiger partial charge in [0.25, 0.3) is 0 Å². The Labute approximate surface area is 124 Å². The lowest BCUT2D eigenvalue weighted by Crippen LogP contribution is -2.17. The highest BCUT2D eigenvalue weighted by Gasteiger charge is 2.32. The molecule has 2 rings (SSSR count). The molecule has 0 aliphatic rings. The smallest absolute Gasteiger partial charge is 0.309 e. The minimum absolute atomic E-state index is 0.0164. The average molecular weight is 318 g/mol. The van der Waals surface area contributed by atoms with Gasteiger partial charge in [-0.2, -0.15) is 13.2 Å². The lowest BCUT2D eigenvalue weighted by Gasteiger charge is -2.13. The van der Waals surface area contributed by atoms with E-state index < -0.39 is 17.6 Å². The van der Waals surface area contributed by atoms with Gasteiger partial charge in [0.2, 0.25) is 0 Å². The first-order valence-corrected chi connectivity index (χ1v) is 6.56. The fraction of sp³-hybridized carbons (Fsp3) is 0.200. The van der Waals surface area contributed by atoms with Crippen molar-refractivity contribution in [2.75, 3.05) is 0 Å². The SMILES string of the molecule is Fc1cccc(CNCc2ccccc2C(F)(F)F)c1Cl. The minimum Gasteiger partial charge on any atom is -0.309 e. The fourth-order valence-corrected chi connectivity index (χ4v) is 2.16. The van der Waals surface area contributed by atoms with Crippen molar-refractivity contribution in [3.05, 3.63) is 70.0 Å². The first-order valence-electron chi connectivity index (χ1n) is 6.18. The van der Waals surface area contributed by atoms with Crippen LogP contribution in [0.3, 0.4) is 0 Å². The molecule has 0 atom stereocenters. The van der Waals surface area contributed by atoms with E-state index in [4.69, 9.17) is 11.6 Å². The quantitative estimate of drug-likeness (QED) is 0.800. The highest BCUT2D eigenvalue weighted by molar-refractivity contribution is 6.31. The highest BCUT2D eigenvalue weighted by Crippen LogP contribution is 2.31. The normalized spacial score (nSPS) is 11.7. The maximum Gasteiger partial charge on any atom is 0.416 e. The summed E-state index contributed by atoms with van der Waals surface area (Å²) in [5.74, 6) is -0.549. The molecule has 0 aromatic heterocycles. The van der Waals surface area contributed by atoms with Crippen LogP contribution >= 0.6 is 11.6 Å². The predicted molar refractivity (Wildman–Crippen MR) is 73.4 cm³/mol. The molecule has 0 aliphatic carbocycles. The molecule has 0 radical (unpaired) electrons. The fourth-order valence-electron chi connectivity index (χ4n) is 1.97. The van der Waals surface area contributed by atoms with Crippen LogP contribution in [0.2, 0.25) is 5.02 Å². The predicted octanol–water partition coefficient (Wildman–Crippen LogP) is 4.79. The van der Waals surface area contributed by atoms with Crippen LogP contribution in [0.5, 0.6) is 0 Å². The molecule has 0 amide bonds. The van der Waals surface area contributed by atoms with Gasteiger partial charge in [-0.1, -0.05) is 41.9 Å². The summed E-state index contributed by atoms with van der Waals surface area (Å²) >= 11 is 5.78. The summed E-state index contributed by atoms with van der Waals surface area (Å²) in [7, 11) is 0. The summed E-state index contributed by atoms with van der Waals surface area (Å²) in [4.78, 5) is 0. The lowest BCUT2D eigenvalue weighted by atomic mass is 10.1. The topological polar surface area (TPSA) is 12.0 Å². The molecule has 0 bridgehead atoms. The number of nitrogens with one attached hydrogen (secondary N) is 1. The minimum atomic E-state index is -4.39. The molecule has 0 heterocycles. The van der Waals surface area contributed by atoms with Crippen molar-refractivity contribution in [2.24, 2.45) is 0 Å². The zero-order valence-corrected chi connectivity index (χ0v) is 11.6. The molecule has 0 saturated carbocycles. The zero-order chi connectivity index (χ0) is 15.5. The standard InChI is InChI=1S/C15H12ClF4N/c16-14-11(5-3-7-13(14)17)9-21-8-10-4-1-2-6-12(10)15(18,19)20/h1-7,21H,8-9H2. The van der Waals surface area contributed by atoms with Crippen molar-refractivity contribution in [2.45, 2.75) is 19.3 Å². The Morgan fingerprint density at radius 1 is 0.905 bits per heavy atom. The average Bonchev–Trinajstić information content (AvgIpc) is 2.43. The lowest BCUT2D eigenvalue weighted by molar-refractivity contribution is -0.138. The van der Waals surface area contributed by atoms with Crippen molar-refractivity contribution >= 4 is 11.6 Å². The number of halogens is 5. The van der Waals surface area contributed by atoms with Crippen molar-refractivity contribution < 1.29 is 17.6 Å². The summed E-state index contributed by atoms with van der Waals surface area (Å²) < 4.78 is 51.7. The number of hydrogen-bond donors (Lipinski definition) is 1. The third kappa shape index (κ3) is 3.95. The Kier molecular flexibility index (Phi) is 4.85. The second-order valence-corrected chi connectivity index (χ2v) is 4.85. The van der Waals surface area contributed by atoms with Crippen LogP contribution in [0.15, 0.2) is 42.5 Å². The van der Waals surface area contributed by atoms with E-state index in [0.717, 1.165) is 6.07 Å². The van der Waals surface area contributed by atoms with E-state index >= 15 is 0 Å².